The van der Waals surface area contributed by atoms with Crippen molar-refractivity contribution in [3.05, 3.63) is 23.0 Å². The number of halogens is 1. The Balaban J connectivity index is 2.69. The van der Waals surface area contributed by atoms with Crippen LogP contribution in [0.15, 0.2) is 12.1 Å². The van der Waals surface area contributed by atoms with Gasteiger partial charge >= 0.3 is 0 Å². The van der Waals surface area contributed by atoms with E-state index in [4.69, 9.17) is 11.6 Å². The molecule has 0 amide bonds. The van der Waals surface area contributed by atoms with Gasteiger partial charge in [0.1, 0.15) is 0 Å². The lowest BCUT2D eigenvalue weighted by atomic mass is 10.4. The molecule has 0 fully saturated rings. The molecule has 0 aromatic carbocycles. The fourth-order valence-corrected chi connectivity index (χ4v) is 0.720. The van der Waals surface area contributed by atoms with Gasteiger partial charge in [-0.1, -0.05) is 11.6 Å². The molecule has 0 bridgehead atoms. The van der Waals surface area contributed by atoms with Crippen LogP contribution in [0.5, 0.6) is 0 Å². The molecule has 1 aromatic rings. The molecule has 4 heteroatoms. The summed E-state index contributed by atoms with van der Waals surface area (Å²) in [5.74, 6) is 0. The van der Waals surface area contributed by atoms with Crippen molar-refractivity contribution in [3.8, 4) is 0 Å². The van der Waals surface area contributed by atoms with Crippen LogP contribution >= 0.6 is 11.6 Å². The Morgan fingerprint density at radius 3 is 2.80 bits per heavy atom. The third-order valence-electron chi connectivity index (χ3n) is 1.05. The Bertz CT molecular complexity index is 197. The zero-order chi connectivity index (χ0) is 7.40. The molecule has 0 aliphatic carbocycles. The Morgan fingerprint density at radius 2 is 2.30 bits per heavy atom. The maximum absolute atomic E-state index is 5.52. The lowest BCUT2D eigenvalue weighted by Crippen LogP contribution is -2.07. The number of rotatable bonds is 2. The van der Waals surface area contributed by atoms with Crippen LogP contribution in [0.3, 0.4) is 0 Å². The zero-order valence-electron chi connectivity index (χ0n) is 5.63. The highest BCUT2D eigenvalue weighted by atomic mass is 35.5. The third kappa shape index (κ3) is 1.93. The Morgan fingerprint density at radius 1 is 1.50 bits per heavy atom. The minimum atomic E-state index is 0.430. The summed E-state index contributed by atoms with van der Waals surface area (Å²) < 4.78 is 0. The molecule has 0 unspecified atom stereocenters. The van der Waals surface area contributed by atoms with Crippen LogP contribution in [0.4, 0.5) is 0 Å². The van der Waals surface area contributed by atoms with Crippen LogP contribution in [0.2, 0.25) is 5.15 Å². The van der Waals surface area contributed by atoms with E-state index in [1.165, 1.54) is 0 Å². The van der Waals surface area contributed by atoms with Gasteiger partial charge in [-0.2, -0.15) is 5.10 Å². The lowest BCUT2D eigenvalue weighted by Gasteiger charge is -1.95. The largest absolute Gasteiger partial charge is 0.314 e. The van der Waals surface area contributed by atoms with Crippen LogP contribution in [-0.2, 0) is 6.54 Å². The predicted octanol–water partition coefficient (Wildman–Crippen LogP) is 0.849. The topological polar surface area (TPSA) is 37.8 Å². The maximum Gasteiger partial charge on any atom is 0.151 e. The van der Waals surface area contributed by atoms with Crippen molar-refractivity contribution in [2.24, 2.45) is 0 Å². The van der Waals surface area contributed by atoms with Gasteiger partial charge in [0.2, 0.25) is 0 Å². The van der Waals surface area contributed by atoms with Crippen molar-refractivity contribution in [1.29, 1.82) is 0 Å². The van der Waals surface area contributed by atoms with Crippen molar-refractivity contribution < 1.29 is 0 Å². The summed E-state index contributed by atoms with van der Waals surface area (Å²) >= 11 is 5.52. The highest BCUT2D eigenvalue weighted by Crippen LogP contribution is 2.00. The molecule has 1 aromatic heterocycles. The second-order valence-corrected chi connectivity index (χ2v) is 2.26. The quantitative estimate of drug-likeness (QED) is 0.692. The highest BCUT2D eigenvalue weighted by molar-refractivity contribution is 6.29. The second-order valence-electron chi connectivity index (χ2n) is 1.88. The maximum atomic E-state index is 5.52. The molecule has 10 heavy (non-hydrogen) atoms. The summed E-state index contributed by atoms with van der Waals surface area (Å²) in [6, 6.07) is 3.56. The van der Waals surface area contributed by atoms with E-state index in [0.29, 0.717) is 5.15 Å². The number of nitrogens with zero attached hydrogens (tertiary/aromatic N) is 2. The SMILES string of the molecule is CNCc1ccc(Cl)nn1. The highest BCUT2D eigenvalue weighted by Gasteiger charge is 1.91. The Labute approximate surface area is 64.4 Å². The first-order valence-corrected chi connectivity index (χ1v) is 3.33. The molecular weight excluding hydrogens is 150 g/mol. The standard InChI is InChI=1S/C6H8ClN3/c1-8-4-5-2-3-6(7)10-9-5/h2-3,8H,4H2,1H3. The molecule has 1 N–H and O–H groups in total. The molecule has 0 spiro atoms. The summed E-state index contributed by atoms with van der Waals surface area (Å²) in [5, 5.41) is 10.9. The van der Waals surface area contributed by atoms with E-state index in [2.05, 4.69) is 15.5 Å². The van der Waals surface area contributed by atoms with Gasteiger partial charge in [0, 0.05) is 6.54 Å². The lowest BCUT2D eigenvalue weighted by molar-refractivity contribution is 0.767. The van der Waals surface area contributed by atoms with Crippen molar-refractivity contribution in [2.45, 2.75) is 6.54 Å². The van der Waals surface area contributed by atoms with Crippen molar-refractivity contribution in [2.75, 3.05) is 7.05 Å². The fraction of sp³-hybridized carbons (Fsp3) is 0.333. The summed E-state index contributed by atoms with van der Waals surface area (Å²) in [6.45, 7) is 0.726. The van der Waals surface area contributed by atoms with E-state index < -0.39 is 0 Å². The molecule has 0 aliphatic rings. The van der Waals surface area contributed by atoms with Gasteiger partial charge in [-0.15, -0.1) is 5.10 Å². The van der Waals surface area contributed by atoms with Crippen LogP contribution in [0.1, 0.15) is 5.69 Å². The molecule has 0 saturated heterocycles. The van der Waals surface area contributed by atoms with Crippen LogP contribution < -0.4 is 5.32 Å². The van der Waals surface area contributed by atoms with Crippen LogP contribution in [0.25, 0.3) is 0 Å². The van der Waals surface area contributed by atoms with Gasteiger partial charge < -0.3 is 5.32 Å². The van der Waals surface area contributed by atoms with Gasteiger partial charge in [-0.25, -0.2) is 0 Å². The van der Waals surface area contributed by atoms with Crippen molar-refractivity contribution in [3.63, 3.8) is 0 Å². The van der Waals surface area contributed by atoms with E-state index in [9.17, 15) is 0 Å². The van der Waals surface area contributed by atoms with Gasteiger partial charge in [0.05, 0.1) is 5.69 Å². The normalized spacial score (nSPS) is 9.80. The van der Waals surface area contributed by atoms with E-state index in [-0.39, 0.29) is 0 Å². The molecule has 0 saturated carbocycles. The third-order valence-corrected chi connectivity index (χ3v) is 1.25. The van der Waals surface area contributed by atoms with Gasteiger partial charge in [-0.3, -0.25) is 0 Å². The summed E-state index contributed by atoms with van der Waals surface area (Å²) in [4.78, 5) is 0. The number of hydrogen-bond donors (Lipinski definition) is 1. The first kappa shape index (κ1) is 7.44. The molecule has 0 aliphatic heterocycles. The first-order valence-electron chi connectivity index (χ1n) is 2.95. The van der Waals surface area contributed by atoms with E-state index >= 15 is 0 Å². The minimum Gasteiger partial charge on any atom is -0.314 e. The average molecular weight is 158 g/mol. The van der Waals surface area contributed by atoms with E-state index in [1.54, 1.807) is 6.07 Å². The predicted molar refractivity (Wildman–Crippen MR) is 39.8 cm³/mol. The second kappa shape index (κ2) is 3.49. The van der Waals surface area contributed by atoms with Crippen LogP contribution in [0, 0.1) is 0 Å². The first-order chi connectivity index (χ1) is 4.83. The summed E-state index contributed by atoms with van der Waals surface area (Å²) in [5.41, 5.74) is 0.895. The molecule has 0 atom stereocenters. The Kier molecular flexibility index (Phi) is 2.59. The van der Waals surface area contributed by atoms with Gasteiger partial charge in [0.15, 0.2) is 5.15 Å². The molecule has 1 heterocycles. The van der Waals surface area contributed by atoms with Crippen molar-refractivity contribution >= 4 is 11.6 Å². The zero-order valence-corrected chi connectivity index (χ0v) is 6.39. The fourth-order valence-electron chi connectivity index (χ4n) is 0.619. The van der Waals surface area contributed by atoms with Gasteiger partial charge in [-0.05, 0) is 19.2 Å². The molecule has 3 nitrogen and oxygen atoms in total. The van der Waals surface area contributed by atoms with Crippen LogP contribution in [-0.4, -0.2) is 17.2 Å². The summed E-state index contributed by atoms with van der Waals surface area (Å²) in [6.07, 6.45) is 0. The molecule has 54 valence electrons. The smallest absolute Gasteiger partial charge is 0.151 e. The minimum absolute atomic E-state index is 0.430. The van der Waals surface area contributed by atoms with Crippen molar-refractivity contribution in [1.82, 2.24) is 15.5 Å². The molecule has 1 rings (SSSR count). The molecule has 0 radical (unpaired) electrons. The number of aromatic nitrogens is 2. The Hall–Kier alpha value is -0.670. The monoisotopic (exact) mass is 157 g/mol. The number of nitrogens with one attached hydrogen (secondary N) is 1. The summed E-state index contributed by atoms with van der Waals surface area (Å²) in [7, 11) is 1.86. The molecular formula is C6H8ClN3. The average Bonchev–Trinajstić information content (AvgIpc) is 1.95. The number of hydrogen-bond acceptors (Lipinski definition) is 3. The van der Waals surface area contributed by atoms with E-state index in [1.807, 2.05) is 13.1 Å². The van der Waals surface area contributed by atoms with E-state index in [0.717, 1.165) is 12.2 Å². The van der Waals surface area contributed by atoms with Gasteiger partial charge in [0.25, 0.3) is 0 Å².